The first-order valence-electron chi connectivity index (χ1n) is 12.2. The predicted molar refractivity (Wildman–Crippen MR) is 108 cm³/mol. The lowest BCUT2D eigenvalue weighted by molar-refractivity contribution is -0.156. The van der Waals surface area contributed by atoms with Crippen molar-refractivity contribution in [3.8, 4) is 0 Å². The molecule has 0 saturated heterocycles. The van der Waals surface area contributed by atoms with Crippen molar-refractivity contribution in [2.24, 2.45) is 58.7 Å². The molecule has 0 heterocycles. The van der Waals surface area contributed by atoms with Crippen LogP contribution in [0.3, 0.4) is 0 Å². The van der Waals surface area contributed by atoms with Gasteiger partial charge in [-0.05, 0) is 105 Å². The van der Waals surface area contributed by atoms with E-state index in [1.807, 2.05) is 5.57 Å². The molecule has 0 aromatic carbocycles. The number of allylic oxidation sites excluding steroid dienone is 3. The molecule has 8 bridgehead atoms. The van der Waals surface area contributed by atoms with Crippen LogP contribution in [0.25, 0.3) is 0 Å². The summed E-state index contributed by atoms with van der Waals surface area (Å²) in [4.78, 5) is 12.8. The Labute approximate surface area is 169 Å². The quantitative estimate of drug-likeness (QED) is 0.476. The summed E-state index contributed by atoms with van der Waals surface area (Å²) in [6, 6.07) is 0. The van der Waals surface area contributed by atoms with Crippen molar-refractivity contribution in [2.75, 3.05) is 0 Å². The van der Waals surface area contributed by atoms with Gasteiger partial charge >= 0.3 is 5.97 Å². The molecule has 28 heavy (non-hydrogen) atoms. The average Bonchev–Trinajstić information content (AvgIpc) is 3.40. The minimum atomic E-state index is 0.117. The van der Waals surface area contributed by atoms with Crippen molar-refractivity contribution < 1.29 is 9.53 Å². The Hall–Kier alpha value is -1.05. The van der Waals surface area contributed by atoms with Crippen LogP contribution < -0.4 is 0 Å². The van der Waals surface area contributed by atoms with Crippen LogP contribution in [0.5, 0.6) is 0 Å². The van der Waals surface area contributed by atoms with Gasteiger partial charge in [0.25, 0.3) is 0 Å². The molecular weight excluding hydrogens is 344 g/mol. The Morgan fingerprint density at radius 1 is 0.964 bits per heavy atom. The van der Waals surface area contributed by atoms with E-state index >= 15 is 0 Å². The van der Waals surface area contributed by atoms with Gasteiger partial charge < -0.3 is 4.74 Å². The molecule has 0 aromatic rings. The van der Waals surface area contributed by atoms with Crippen molar-refractivity contribution in [1.29, 1.82) is 0 Å². The van der Waals surface area contributed by atoms with Crippen LogP contribution in [0.4, 0.5) is 0 Å². The van der Waals surface area contributed by atoms with Crippen molar-refractivity contribution in [3.63, 3.8) is 0 Å². The maximum atomic E-state index is 12.8. The molecule has 9 unspecified atom stereocenters. The normalized spacial score (nSPS) is 57.2. The van der Waals surface area contributed by atoms with E-state index in [1.54, 1.807) is 0 Å². The van der Waals surface area contributed by atoms with Gasteiger partial charge in [-0.2, -0.15) is 0 Å². The molecule has 0 N–H and O–H groups in total. The van der Waals surface area contributed by atoms with Crippen molar-refractivity contribution >= 4 is 5.97 Å². The summed E-state index contributed by atoms with van der Waals surface area (Å²) < 4.78 is 6.14. The summed E-state index contributed by atoms with van der Waals surface area (Å²) in [6.45, 7) is 2.62. The number of hydrogen-bond donors (Lipinski definition) is 0. The van der Waals surface area contributed by atoms with E-state index in [-0.39, 0.29) is 18.0 Å². The lowest BCUT2D eigenvalue weighted by Gasteiger charge is -2.61. The van der Waals surface area contributed by atoms with Gasteiger partial charge in [-0.3, -0.25) is 4.79 Å². The van der Waals surface area contributed by atoms with Crippen molar-refractivity contribution in [2.45, 2.75) is 70.8 Å². The monoisotopic (exact) mass is 378 g/mol. The molecule has 6 saturated carbocycles. The molecule has 9 atom stereocenters. The Balaban J connectivity index is 1.08. The van der Waals surface area contributed by atoms with E-state index in [1.165, 1.54) is 44.9 Å². The Bertz CT molecular complexity index is 763. The van der Waals surface area contributed by atoms with Gasteiger partial charge in [0.1, 0.15) is 6.10 Å². The van der Waals surface area contributed by atoms with E-state index in [9.17, 15) is 4.79 Å². The molecule has 8 aliphatic carbocycles. The summed E-state index contributed by atoms with van der Waals surface area (Å²) >= 11 is 0. The Morgan fingerprint density at radius 2 is 1.79 bits per heavy atom. The third-order valence-electron chi connectivity index (χ3n) is 10.3. The van der Waals surface area contributed by atoms with E-state index in [0.29, 0.717) is 29.1 Å². The standard InChI is InChI=1S/C26H34O2/c1-26-12-15-4-16(13-26)7-20(6-15)24(26)21-10-19-9-18(21)11-23(19)28-25(27)22-8-14-2-3-17(22)5-14/h2-3,10,14-20,22-24H,4-9,11-13H2,1H3. The van der Waals surface area contributed by atoms with Gasteiger partial charge in [0.2, 0.25) is 0 Å². The minimum Gasteiger partial charge on any atom is -0.461 e. The zero-order valence-corrected chi connectivity index (χ0v) is 17.2. The van der Waals surface area contributed by atoms with E-state index in [2.05, 4.69) is 25.2 Å². The first-order chi connectivity index (χ1) is 13.6. The van der Waals surface area contributed by atoms with E-state index < -0.39 is 0 Å². The third-order valence-corrected chi connectivity index (χ3v) is 10.3. The first kappa shape index (κ1) is 16.7. The van der Waals surface area contributed by atoms with Gasteiger partial charge in [0.15, 0.2) is 0 Å². The Morgan fingerprint density at radius 3 is 2.39 bits per heavy atom. The number of rotatable bonds is 3. The molecule has 0 spiro atoms. The van der Waals surface area contributed by atoms with Gasteiger partial charge in [0, 0.05) is 5.92 Å². The molecule has 0 aliphatic heterocycles. The van der Waals surface area contributed by atoms with Crippen LogP contribution >= 0.6 is 0 Å². The summed E-state index contributed by atoms with van der Waals surface area (Å²) in [6.07, 6.45) is 19.5. The zero-order valence-electron chi connectivity index (χ0n) is 17.2. The maximum absolute atomic E-state index is 12.8. The second kappa shape index (κ2) is 5.55. The average molecular weight is 379 g/mol. The van der Waals surface area contributed by atoms with Gasteiger partial charge in [-0.25, -0.2) is 0 Å². The number of ether oxygens (including phenoxy) is 1. The minimum absolute atomic E-state index is 0.117. The number of carbonyl (C=O) groups is 1. The number of fused-ring (bicyclic) bond motifs is 4. The van der Waals surface area contributed by atoms with E-state index in [0.717, 1.165) is 36.5 Å². The molecule has 8 rings (SSSR count). The van der Waals surface area contributed by atoms with Crippen molar-refractivity contribution in [1.82, 2.24) is 0 Å². The second-order valence-corrected chi connectivity index (χ2v) is 12.1. The molecule has 8 aliphatic rings. The molecule has 150 valence electrons. The van der Waals surface area contributed by atoms with Crippen LogP contribution in [-0.4, -0.2) is 12.1 Å². The number of esters is 1. The maximum Gasteiger partial charge on any atom is 0.309 e. The molecule has 2 heteroatoms. The van der Waals surface area contributed by atoms with Crippen LogP contribution in [0.15, 0.2) is 23.8 Å². The molecule has 0 aromatic heterocycles. The van der Waals surface area contributed by atoms with Crippen LogP contribution in [0, 0.1) is 58.7 Å². The van der Waals surface area contributed by atoms with Crippen molar-refractivity contribution in [3.05, 3.63) is 23.8 Å². The van der Waals surface area contributed by atoms with E-state index in [4.69, 9.17) is 4.74 Å². The summed E-state index contributed by atoms with van der Waals surface area (Å²) in [5.41, 5.74) is 2.39. The summed E-state index contributed by atoms with van der Waals surface area (Å²) in [5, 5.41) is 0. The molecule has 0 radical (unpaired) electrons. The molecule has 2 nitrogen and oxygen atoms in total. The highest BCUT2D eigenvalue weighted by Gasteiger charge is 2.58. The highest BCUT2D eigenvalue weighted by molar-refractivity contribution is 5.74. The summed E-state index contributed by atoms with van der Waals surface area (Å²) in [5.74, 6) is 6.48. The van der Waals surface area contributed by atoms with Gasteiger partial charge in [0.05, 0.1) is 5.92 Å². The number of carbonyl (C=O) groups excluding carboxylic acids is 1. The predicted octanol–water partition coefficient (Wildman–Crippen LogP) is 5.54. The highest BCUT2D eigenvalue weighted by Crippen LogP contribution is 2.67. The first-order valence-corrected chi connectivity index (χ1v) is 12.2. The fourth-order valence-electron chi connectivity index (χ4n) is 9.77. The molecular formula is C26H34O2. The molecule has 0 amide bonds. The summed E-state index contributed by atoms with van der Waals surface area (Å²) in [7, 11) is 0. The lowest BCUT2D eigenvalue weighted by Crippen LogP contribution is -2.52. The van der Waals surface area contributed by atoms with Gasteiger partial charge in [-0.15, -0.1) is 0 Å². The third kappa shape index (κ3) is 2.24. The van der Waals surface area contributed by atoms with Crippen LogP contribution in [0.1, 0.15) is 64.7 Å². The zero-order chi connectivity index (χ0) is 18.6. The van der Waals surface area contributed by atoms with Gasteiger partial charge in [-0.1, -0.05) is 30.7 Å². The van der Waals surface area contributed by atoms with Crippen LogP contribution in [-0.2, 0) is 9.53 Å². The topological polar surface area (TPSA) is 26.3 Å². The fraction of sp³-hybridized carbons (Fsp3) is 0.808. The smallest absolute Gasteiger partial charge is 0.309 e. The lowest BCUT2D eigenvalue weighted by atomic mass is 9.44. The van der Waals surface area contributed by atoms with Crippen LogP contribution in [0.2, 0.25) is 0 Å². The SMILES string of the molecule is CC12CC3CC(CC(C3)C1C1=CC3CC1CC3OC(=O)C1CC3C=CC1C3)C2. The fourth-order valence-corrected chi connectivity index (χ4v) is 9.77. The Kier molecular flexibility index (Phi) is 3.31. The largest absolute Gasteiger partial charge is 0.461 e. The number of hydrogen-bond acceptors (Lipinski definition) is 2. The highest BCUT2D eigenvalue weighted by atomic mass is 16.5. The second-order valence-electron chi connectivity index (χ2n) is 12.1. The molecule has 6 fully saturated rings.